The van der Waals surface area contributed by atoms with Crippen molar-refractivity contribution in [3.63, 3.8) is 0 Å². The van der Waals surface area contributed by atoms with E-state index >= 15 is 0 Å². The number of aromatic nitrogens is 3. The van der Waals surface area contributed by atoms with Crippen LogP contribution in [-0.4, -0.2) is 52.8 Å². The molecule has 1 aliphatic rings. The van der Waals surface area contributed by atoms with E-state index in [0.29, 0.717) is 17.8 Å². The molecular weight excluding hydrogens is 244 g/mol. The van der Waals surface area contributed by atoms with Crippen molar-refractivity contribution >= 4 is 17.8 Å². The molecule has 0 amide bonds. The van der Waals surface area contributed by atoms with Crippen LogP contribution in [0.4, 0.5) is 17.8 Å². The first-order chi connectivity index (χ1) is 9.17. The highest BCUT2D eigenvalue weighted by atomic mass is 16.3. The first kappa shape index (κ1) is 13.8. The summed E-state index contributed by atoms with van der Waals surface area (Å²) in [6, 6.07) is 0. The number of nitrogen functional groups attached to an aromatic ring is 1. The van der Waals surface area contributed by atoms with Gasteiger partial charge in [0.25, 0.3) is 0 Å². The Morgan fingerprint density at radius 3 is 2.63 bits per heavy atom. The average Bonchev–Trinajstić information content (AvgIpc) is 2.88. The van der Waals surface area contributed by atoms with Crippen molar-refractivity contribution in [1.29, 1.82) is 0 Å². The van der Waals surface area contributed by atoms with Crippen molar-refractivity contribution in [2.24, 2.45) is 5.92 Å². The van der Waals surface area contributed by atoms with E-state index in [2.05, 4.69) is 33.7 Å². The molecule has 1 aromatic rings. The van der Waals surface area contributed by atoms with Crippen molar-refractivity contribution in [3.05, 3.63) is 0 Å². The second-order valence-electron chi connectivity index (χ2n) is 4.75. The molecule has 0 bridgehead atoms. The summed E-state index contributed by atoms with van der Waals surface area (Å²) in [6.45, 7) is 7.61. The highest BCUT2D eigenvalue weighted by Crippen LogP contribution is 2.22. The third kappa shape index (κ3) is 3.04. The van der Waals surface area contributed by atoms with Crippen LogP contribution >= 0.6 is 0 Å². The minimum Gasteiger partial charge on any atom is -0.396 e. The van der Waals surface area contributed by atoms with Gasteiger partial charge in [-0.2, -0.15) is 15.0 Å². The van der Waals surface area contributed by atoms with Crippen LogP contribution in [-0.2, 0) is 0 Å². The molecule has 2 heterocycles. The minimum absolute atomic E-state index is 0.208. The molecule has 0 aromatic carbocycles. The SMILES string of the molecule is CCN(CC)c1nc(N)nc(N2CCC(CO)C2)n1. The highest BCUT2D eigenvalue weighted by molar-refractivity contribution is 5.44. The monoisotopic (exact) mass is 266 g/mol. The van der Waals surface area contributed by atoms with Gasteiger partial charge in [-0.1, -0.05) is 0 Å². The standard InChI is InChI=1S/C12H22N6O/c1-3-17(4-2)11-14-10(13)15-12(16-11)18-6-5-9(7-18)8-19/h9,19H,3-8H2,1-2H3,(H2,13,14,15,16). The lowest BCUT2D eigenvalue weighted by Gasteiger charge is -2.21. The first-order valence-corrected chi connectivity index (χ1v) is 6.80. The fourth-order valence-corrected chi connectivity index (χ4v) is 2.32. The molecule has 3 N–H and O–H groups in total. The Morgan fingerprint density at radius 1 is 1.32 bits per heavy atom. The third-order valence-corrected chi connectivity index (χ3v) is 3.50. The molecule has 0 aliphatic carbocycles. The fourth-order valence-electron chi connectivity index (χ4n) is 2.32. The fraction of sp³-hybridized carbons (Fsp3) is 0.750. The maximum Gasteiger partial charge on any atom is 0.231 e. The van der Waals surface area contributed by atoms with Crippen molar-refractivity contribution in [3.8, 4) is 0 Å². The molecule has 7 heteroatoms. The summed E-state index contributed by atoms with van der Waals surface area (Å²) in [5, 5.41) is 9.19. The molecular formula is C12H22N6O. The maximum atomic E-state index is 9.19. The Kier molecular flexibility index (Phi) is 4.36. The molecule has 1 unspecified atom stereocenters. The van der Waals surface area contributed by atoms with Gasteiger partial charge in [-0.15, -0.1) is 0 Å². The summed E-state index contributed by atoms with van der Waals surface area (Å²) in [4.78, 5) is 17.0. The molecule has 1 saturated heterocycles. The van der Waals surface area contributed by atoms with Gasteiger partial charge < -0.3 is 20.6 Å². The lowest BCUT2D eigenvalue weighted by Crippen LogP contribution is -2.28. The minimum atomic E-state index is 0.208. The molecule has 1 atom stereocenters. The Hall–Kier alpha value is -1.63. The van der Waals surface area contributed by atoms with Crippen molar-refractivity contribution in [2.45, 2.75) is 20.3 Å². The molecule has 7 nitrogen and oxygen atoms in total. The molecule has 0 radical (unpaired) electrons. The van der Waals surface area contributed by atoms with Crippen LogP contribution in [0, 0.1) is 5.92 Å². The zero-order valence-electron chi connectivity index (χ0n) is 11.6. The summed E-state index contributed by atoms with van der Waals surface area (Å²) in [7, 11) is 0. The lowest BCUT2D eigenvalue weighted by atomic mass is 10.1. The molecule has 0 saturated carbocycles. The van der Waals surface area contributed by atoms with Gasteiger partial charge in [0.2, 0.25) is 17.8 Å². The number of anilines is 3. The topological polar surface area (TPSA) is 91.4 Å². The summed E-state index contributed by atoms with van der Waals surface area (Å²) >= 11 is 0. The Balaban J connectivity index is 2.22. The van der Waals surface area contributed by atoms with E-state index < -0.39 is 0 Å². The zero-order valence-corrected chi connectivity index (χ0v) is 11.6. The predicted octanol–water partition coefficient (Wildman–Crippen LogP) is 0.119. The van der Waals surface area contributed by atoms with Gasteiger partial charge in [-0.3, -0.25) is 0 Å². The number of nitrogens with zero attached hydrogens (tertiary/aromatic N) is 5. The molecule has 2 rings (SSSR count). The van der Waals surface area contributed by atoms with Crippen LogP contribution in [0.25, 0.3) is 0 Å². The predicted molar refractivity (Wildman–Crippen MR) is 75.2 cm³/mol. The smallest absolute Gasteiger partial charge is 0.231 e. The second-order valence-corrected chi connectivity index (χ2v) is 4.75. The van der Waals surface area contributed by atoms with E-state index in [9.17, 15) is 5.11 Å². The van der Waals surface area contributed by atoms with E-state index in [1.54, 1.807) is 0 Å². The lowest BCUT2D eigenvalue weighted by molar-refractivity contribution is 0.238. The van der Waals surface area contributed by atoms with Gasteiger partial charge in [0.1, 0.15) is 0 Å². The maximum absolute atomic E-state index is 9.19. The normalized spacial score (nSPS) is 18.9. The molecule has 106 valence electrons. The molecule has 1 aromatic heterocycles. The van der Waals surface area contributed by atoms with Crippen LogP contribution in [0.15, 0.2) is 0 Å². The van der Waals surface area contributed by atoms with Crippen LogP contribution in [0.5, 0.6) is 0 Å². The molecule has 1 aliphatic heterocycles. The van der Waals surface area contributed by atoms with Crippen LogP contribution in [0.3, 0.4) is 0 Å². The van der Waals surface area contributed by atoms with Gasteiger partial charge in [0, 0.05) is 38.7 Å². The summed E-state index contributed by atoms with van der Waals surface area (Å²) in [5.74, 6) is 1.79. The Morgan fingerprint density at radius 2 is 2.05 bits per heavy atom. The number of hydrogen-bond donors (Lipinski definition) is 2. The van der Waals surface area contributed by atoms with Crippen LogP contribution in [0.2, 0.25) is 0 Å². The number of aliphatic hydroxyl groups excluding tert-OH is 1. The quantitative estimate of drug-likeness (QED) is 0.782. The largest absolute Gasteiger partial charge is 0.396 e. The highest BCUT2D eigenvalue weighted by Gasteiger charge is 2.24. The average molecular weight is 266 g/mol. The first-order valence-electron chi connectivity index (χ1n) is 6.80. The van der Waals surface area contributed by atoms with Gasteiger partial charge in [-0.25, -0.2) is 0 Å². The summed E-state index contributed by atoms with van der Waals surface area (Å²) in [5.41, 5.74) is 5.78. The van der Waals surface area contributed by atoms with Crippen molar-refractivity contribution in [2.75, 3.05) is 48.3 Å². The number of nitrogens with two attached hydrogens (primary N) is 1. The van der Waals surface area contributed by atoms with Gasteiger partial charge >= 0.3 is 0 Å². The third-order valence-electron chi connectivity index (χ3n) is 3.50. The van der Waals surface area contributed by atoms with Crippen LogP contribution in [0.1, 0.15) is 20.3 Å². The Bertz CT molecular complexity index is 423. The van der Waals surface area contributed by atoms with E-state index in [1.807, 2.05) is 4.90 Å². The molecule has 0 spiro atoms. The number of hydrogen-bond acceptors (Lipinski definition) is 7. The van der Waals surface area contributed by atoms with Gasteiger partial charge in [0.15, 0.2) is 0 Å². The van der Waals surface area contributed by atoms with E-state index in [1.165, 1.54) is 0 Å². The zero-order chi connectivity index (χ0) is 13.8. The number of rotatable bonds is 5. The summed E-state index contributed by atoms with van der Waals surface area (Å²) in [6.07, 6.45) is 0.961. The van der Waals surface area contributed by atoms with E-state index in [0.717, 1.165) is 32.6 Å². The van der Waals surface area contributed by atoms with E-state index in [-0.39, 0.29) is 12.6 Å². The van der Waals surface area contributed by atoms with Gasteiger partial charge in [-0.05, 0) is 20.3 Å². The van der Waals surface area contributed by atoms with Crippen molar-refractivity contribution in [1.82, 2.24) is 15.0 Å². The molecule has 1 fully saturated rings. The Labute approximate surface area is 113 Å². The van der Waals surface area contributed by atoms with E-state index in [4.69, 9.17) is 5.73 Å². The number of aliphatic hydroxyl groups is 1. The molecule has 19 heavy (non-hydrogen) atoms. The van der Waals surface area contributed by atoms with Crippen LogP contribution < -0.4 is 15.5 Å². The van der Waals surface area contributed by atoms with Crippen molar-refractivity contribution < 1.29 is 5.11 Å². The second kappa shape index (κ2) is 6.01. The van der Waals surface area contributed by atoms with Gasteiger partial charge in [0.05, 0.1) is 0 Å². The summed E-state index contributed by atoms with van der Waals surface area (Å²) < 4.78 is 0.